The van der Waals surface area contributed by atoms with E-state index in [4.69, 9.17) is 0 Å². The fraction of sp³-hybridized carbons (Fsp3) is 0.417. The maximum absolute atomic E-state index is 13.6. The number of carbonyl (C=O) groups is 1. The highest BCUT2D eigenvalue weighted by Gasteiger charge is 2.45. The van der Waals surface area contributed by atoms with E-state index in [0.29, 0.717) is 6.42 Å². The van der Waals surface area contributed by atoms with Crippen LogP contribution in [0, 0.1) is 5.82 Å². The molecular weight excluding hydrogens is 385 g/mol. The summed E-state index contributed by atoms with van der Waals surface area (Å²) in [6.07, 6.45) is 0.479. The number of carboxylic acids is 1. The number of thioether (sulfide) groups is 1. The summed E-state index contributed by atoms with van der Waals surface area (Å²) >= 11 is 4.24. The highest BCUT2D eigenvalue weighted by Crippen LogP contribution is 2.36. The molecule has 1 saturated heterocycles. The lowest BCUT2D eigenvalue weighted by Gasteiger charge is -2.25. The van der Waals surface area contributed by atoms with Gasteiger partial charge in [0.25, 0.3) is 0 Å². The molecule has 21 heavy (non-hydrogen) atoms. The van der Waals surface area contributed by atoms with E-state index in [1.165, 1.54) is 23.9 Å². The molecule has 9 heteroatoms. The second-order valence-corrected chi connectivity index (χ2v) is 8.37. The van der Waals surface area contributed by atoms with Gasteiger partial charge >= 0.3 is 5.97 Å². The fourth-order valence-corrected chi connectivity index (χ4v) is 5.90. The smallest absolute Gasteiger partial charge is 0.322 e. The third-order valence-electron chi connectivity index (χ3n) is 3.14. The number of nitrogens with zero attached hydrogens (tertiary/aromatic N) is 1. The summed E-state index contributed by atoms with van der Waals surface area (Å²) in [5.41, 5.74) is 0. The van der Waals surface area contributed by atoms with Gasteiger partial charge in [0.05, 0.1) is 14.7 Å². The van der Waals surface area contributed by atoms with E-state index in [0.717, 1.165) is 10.4 Å². The molecule has 1 aliphatic rings. The predicted molar refractivity (Wildman–Crippen MR) is 81.1 cm³/mol. The lowest BCUT2D eigenvalue weighted by Crippen LogP contribution is -2.45. The van der Waals surface area contributed by atoms with Crippen LogP contribution >= 0.6 is 27.7 Å². The Labute approximate surface area is 134 Å². The van der Waals surface area contributed by atoms with E-state index < -0.39 is 33.2 Å². The van der Waals surface area contributed by atoms with Crippen LogP contribution in [-0.4, -0.2) is 41.0 Å². The fourth-order valence-electron chi connectivity index (χ4n) is 2.11. The molecule has 0 amide bonds. The summed E-state index contributed by atoms with van der Waals surface area (Å²) in [6, 6.07) is 2.32. The zero-order valence-corrected chi connectivity index (χ0v) is 14.2. The molecule has 2 unspecified atom stereocenters. The standard InChI is InChI=1S/C12H13BrFNO4S2/c1-2-11-15(10(6-20-11)12(16)17)21(18,19)7-3-4-8(13)9(14)5-7/h3-5,10-11H,2,6H2,1H3,(H,16,17). The van der Waals surface area contributed by atoms with Crippen LogP contribution in [0.3, 0.4) is 0 Å². The molecule has 1 heterocycles. The number of rotatable bonds is 4. The minimum atomic E-state index is -4.06. The third kappa shape index (κ3) is 3.10. The van der Waals surface area contributed by atoms with E-state index in [1.807, 2.05) is 0 Å². The molecule has 0 radical (unpaired) electrons. The number of sulfonamides is 1. The van der Waals surface area contributed by atoms with Gasteiger partial charge in [-0.05, 0) is 40.5 Å². The molecule has 2 atom stereocenters. The van der Waals surface area contributed by atoms with Gasteiger partial charge in [0.2, 0.25) is 10.0 Å². The van der Waals surface area contributed by atoms with E-state index in [9.17, 15) is 22.7 Å². The predicted octanol–water partition coefficient (Wildman–Crippen LogP) is 2.52. The lowest BCUT2D eigenvalue weighted by molar-refractivity contribution is -0.140. The molecule has 1 aromatic rings. The van der Waals surface area contributed by atoms with E-state index in [1.54, 1.807) is 6.92 Å². The summed E-state index contributed by atoms with van der Waals surface area (Å²) in [5.74, 6) is -1.71. The first-order chi connectivity index (χ1) is 9.78. The van der Waals surface area contributed by atoms with Crippen molar-refractivity contribution in [3.63, 3.8) is 0 Å². The Balaban J connectivity index is 2.49. The molecule has 116 valence electrons. The number of benzene rings is 1. The Kier molecular flexibility index (Phi) is 4.96. The number of hydrogen-bond acceptors (Lipinski definition) is 4. The molecule has 0 bridgehead atoms. The molecule has 1 aliphatic heterocycles. The van der Waals surface area contributed by atoms with Gasteiger partial charge in [-0.25, -0.2) is 12.8 Å². The summed E-state index contributed by atoms with van der Waals surface area (Å²) in [6.45, 7) is 1.78. The summed E-state index contributed by atoms with van der Waals surface area (Å²) in [4.78, 5) is 11.0. The SMILES string of the molecule is CCC1SCC(C(=O)O)N1S(=O)(=O)c1ccc(Br)c(F)c1. The van der Waals surface area contributed by atoms with Crippen LogP contribution in [0.4, 0.5) is 4.39 Å². The van der Waals surface area contributed by atoms with Crippen LogP contribution < -0.4 is 0 Å². The zero-order chi connectivity index (χ0) is 15.8. The molecular formula is C12H13BrFNO4S2. The minimum absolute atomic E-state index is 0.152. The van der Waals surface area contributed by atoms with Crippen LogP contribution in [0.25, 0.3) is 0 Å². The average Bonchev–Trinajstić information content (AvgIpc) is 2.86. The topological polar surface area (TPSA) is 74.7 Å². The Hall–Kier alpha value is -0.640. The highest BCUT2D eigenvalue weighted by molar-refractivity contribution is 9.10. The summed E-state index contributed by atoms with van der Waals surface area (Å²) in [7, 11) is -4.06. The van der Waals surface area contributed by atoms with Gasteiger partial charge in [-0.3, -0.25) is 4.79 Å². The molecule has 1 N–H and O–H groups in total. The summed E-state index contributed by atoms with van der Waals surface area (Å²) < 4.78 is 40.0. The van der Waals surface area contributed by atoms with Gasteiger partial charge in [0.15, 0.2) is 0 Å². The van der Waals surface area contributed by atoms with Gasteiger partial charge < -0.3 is 5.11 Å². The Bertz CT molecular complexity index is 667. The number of halogens is 2. The molecule has 2 rings (SSSR count). The monoisotopic (exact) mass is 397 g/mol. The lowest BCUT2D eigenvalue weighted by atomic mass is 10.3. The third-order valence-corrected chi connectivity index (χ3v) is 7.28. The maximum atomic E-state index is 13.6. The maximum Gasteiger partial charge on any atom is 0.322 e. The van der Waals surface area contributed by atoms with Crippen molar-refractivity contribution in [3.8, 4) is 0 Å². The van der Waals surface area contributed by atoms with Gasteiger partial charge in [-0.15, -0.1) is 11.8 Å². The number of aliphatic carboxylic acids is 1. The van der Waals surface area contributed by atoms with Crippen molar-refractivity contribution in [1.82, 2.24) is 4.31 Å². The number of hydrogen-bond donors (Lipinski definition) is 1. The molecule has 1 fully saturated rings. The Morgan fingerprint density at radius 1 is 1.57 bits per heavy atom. The largest absolute Gasteiger partial charge is 0.480 e. The average molecular weight is 398 g/mol. The molecule has 5 nitrogen and oxygen atoms in total. The van der Waals surface area contributed by atoms with Crippen LogP contribution in [0.1, 0.15) is 13.3 Å². The van der Waals surface area contributed by atoms with Crippen molar-refractivity contribution in [2.45, 2.75) is 29.7 Å². The van der Waals surface area contributed by atoms with Crippen molar-refractivity contribution >= 4 is 43.7 Å². The van der Waals surface area contributed by atoms with Crippen molar-refractivity contribution in [3.05, 3.63) is 28.5 Å². The quantitative estimate of drug-likeness (QED) is 0.844. The van der Waals surface area contributed by atoms with Crippen molar-refractivity contribution < 1.29 is 22.7 Å². The van der Waals surface area contributed by atoms with Crippen molar-refractivity contribution in [2.24, 2.45) is 0 Å². The van der Waals surface area contributed by atoms with Crippen LogP contribution in [0.2, 0.25) is 0 Å². The first kappa shape index (κ1) is 16.7. The molecule has 0 saturated carbocycles. The van der Waals surface area contributed by atoms with Gasteiger partial charge in [0, 0.05) is 5.75 Å². The highest BCUT2D eigenvalue weighted by atomic mass is 79.9. The second-order valence-electron chi connectivity index (χ2n) is 4.46. The summed E-state index contributed by atoms with van der Waals surface area (Å²) in [5, 5.41) is 8.75. The number of carboxylic acid groups (broad SMARTS) is 1. The first-order valence-electron chi connectivity index (χ1n) is 6.12. The van der Waals surface area contributed by atoms with E-state index in [-0.39, 0.29) is 15.1 Å². The Morgan fingerprint density at radius 2 is 2.24 bits per heavy atom. The zero-order valence-electron chi connectivity index (χ0n) is 11.0. The van der Waals surface area contributed by atoms with Crippen LogP contribution in [0.5, 0.6) is 0 Å². The first-order valence-corrected chi connectivity index (χ1v) is 9.40. The molecule has 1 aromatic carbocycles. The van der Waals surface area contributed by atoms with E-state index >= 15 is 0 Å². The Morgan fingerprint density at radius 3 is 2.76 bits per heavy atom. The second kappa shape index (κ2) is 6.23. The van der Waals surface area contributed by atoms with Gasteiger partial charge in [0.1, 0.15) is 11.9 Å². The van der Waals surface area contributed by atoms with Crippen LogP contribution in [-0.2, 0) is 14.8 Å². The van der Waals surface area contributed by atoms with E-state index in [2.05, 4.69) is 15.9 Å². The molecule has 0 aromatic heterocycles. The molecule has 0 spiro atoms. The van der Waals surface area contributed by atoms with Gasteiger partial charge in [-0.1, -0.05) is 6.92 Å². The van der Waals surface area contributed by atoms with Gasteiger partial charge in [-0.2, -0.15) is 4.31 Å². The van der Waals surface area contributed by atoms with Crippen molar-refractivity contribution in [1.29, 1.82) is 0 Å². The normalized spacial score (nSPS) is 23.4. The van der Waals surface area contributed by atoms with Crippen molar-refractivity contribution in [2.75, 3.05) is 5.75 Å². The minimum Gasteiger partial charge on any atom is -0.480 e. The van der Waals surface area contributed by atoms with Crippen LogP contribution in [0.15, 0.2) is 27.6 Å². The molecule has 0 aliphatic carbocycles.